The van der Waals surface area contributed by atoms with Crippen LogP contribution < -0.4 is 9.47 Å². The molecule has 0 spiro atoms. The van der Waals surface area contributed by atoms with E-state index in [2.05, 4.69) is 0 Å². The van der Waals surface area contributed by atoms with Crippen molar-refractivity contribution in [3.05, 3.63) is 57.6 Å². The summed E-state index contributed by atoms with van der Waals surface area (Å²) in [6.07, 6.45) is 0. The maximum Gasteiger partial charge on any atom is 0.203 e. The molecule has 0 heterocycles. The van der Waals surface area contributed by atoms with E-state index >= 15 is 0 Å². The van der Waals surface area contributed by atoms with Crippen LogP contribution in [0.25, 0.3) is 0 Å². The maximum absolute atomic E-state index is 12.2. The Hall–Kier alpha value is -1.71. The number of rotatable bonds is 5. The van der Waals surface area contributed by atoms with Crippen LogP contribution >= 0.6 is 23.2 Å². The van der Waals surface area contributed by atoms with Crippen molar-refractivity contribution in [2.75, 3.05) is 13.7 Å². The predicted molar refractivity (Wildman–Crippen MR) is 84.0 cm³/mol. The molecule has 0 atom stereocenters. The first-order valence-corrected chi connectivity index (χ1v) is 7.02. The molecule has 0 bridgehead atoms. The Morgan fingerprint density at radius 1 is 1.10 bits per heavy atom. The van der Waals surface area contributed by atoms with E-state index in [0.717, 1.165) is 5.56 Å². The fourth-order valence-electron chi connectivity index (χ4n) is 1.84. The Labute approximate surface area is 133 Å². The van der Waals surface area contributed by atoms with Crippen LogP contribution in [-0.4, -0.2) is 19.5 Å². The first kappa shape index (κ1) is 15.7. The van der Waals surface area contributed by atoms with Crippen molar-refractivity contribution in [3.63, 3.8) is 0 Å². The van der Waals surface area contributed by atoms with Gasteiger partial charge in [0.2, 0.25) is 5.78 Å². The van der Waals surface area contributed by atoms with Gasteiger partial charge in [-0.05, 0) is 42.8 Å². The highest BCUT2D eigenvalue weighted by Gasteiger charge is 2.14. The lowest BCUT2D eigenvalue weighted by Crippen LogP contribution is -2.13. The highest BCUT2D eigenvalue weighted by atomic mass is 35.5. The fraction of sp³-hybridized carbons (Fsp3) is 0.188. The van der Waals surface area contributed by atoms with Crippen LogP contribution in [0.2, 0.25) is 10.0 Å². The molecule has 110 valence electrons. The first-order chi connectivity index (χ1) is 10.0. The third kappa shape index (κ3) is 3.90. The average molecular weight is 325 g/mol. The molecule has 2 rings (SSSR count). The number of ether oxygens (including phenoxy) is 2. The van der Waals surface area contributed by atoms with Gasteiger partial charge in [0.1, 0.15) is 11.5 Å². The van der Waals surface area contributed by atoms with Gasteiger partial charge < -0.3 is 9.47 Å². The van der Waals surface area contributed by atoms with Crippen molar-refractivity contribution in [1.82, 2.24) is 0 Å². The number of hydrogen-bond donors (Lipinski definition) is 0. The van der Waals surface area contributed by atoms with E-state index in [0.29, 0.717) is 27.1 Å². The molecule has 3 nitrogen and oxygen atoms in total. The SMILES string of the molecule is COc1cc(C)ccc1C(=O)COc1ccc(Cl)cc1Cl. The van der Waals surface area contributed by atoms with Gasteiger partial charge >= 0.3 is 0 Å². The van der Waals surface area contributed by atoms with Crippen molar-refractivity contribution < 1.29 is 14.3 Å². The highest BCUT2D eigenvalue weighted by molar-refractivity contribution is 6.35. The number of carbonyl (C=O) groups is 1. The lowest BCUT2D eigenvalue weighted by molar-refractivity contribution is 0.0918. The van der Waals surface area contributed by atoms with E-state index < -0.39 is 0 Å². The maximum atomic E-state index is 12.2. The molecule has 0 aliphatic heterocycles. The van der Waals surface area contributed by atoms with Gasteiger partial charge in [-0.2, -0.15) is 0 Å². The zero-order chi connectivity index (χ0) is 15.4. The second-order valence-electron chi connectivity index (χ2n) is 4.49. The number of aryl methyl sites for hydroxylation is 1. The molecule has 2 aromatic carbocycles. The Kier molecular flexibility index (Phi) is 5.10. The van der Waals surface area contributed by atoms with E-state index in [4.69, 9.17) is 32.7 Å². The normalized spacial score (nSPS) is 10.3. The third-order valence-corrected chi connectivity index (χ3v) is 3.44. The molecule has 0 saturated carbocycles. The number of ketones is 1. The van der Waals surface area contributed by atoms with Gasteiger partial charge in [-0.3, -0.25) is 4.79 Å². The number of benzene rings is 2. The Morgan fingerprint density at radius 2 is 1.86 bits per heavy atom. The summed E-state index contributed by atoms with van der Waals surface area (Å²) in [5.41, 5.74) is 1.50. The zero-order valence-electron chi connectivity index (χ0n) is 11.7. The molecule has 0 aromatic heterocycles. The number of methoxy groups -OCH3 is 1. The molecular weight excluding hydrogens is 311 g/mol. The minimum Gasteiger partial charge on any atom is -0.496 e. The summed E-state index contributed by atoms with van der Waals surface area (Å²) in [7, 11) is 1.53. The molecule has 2 aromatic rings. The molecule has 0 saturated heterocycles. The van der Waals surface area contributed by atoms with Gasteiger partial charge in [0.05, 0.1) is 17.7 Å². The van der Waals surface area contributed by atoms with Crippen LogP contribution in [0.15, 0.2) is 36.4 Å². The van der Waals surface area contributed by atoms with Gasteiger partial charge in [-0.25, -0.2) is 0 Å². The molecule has 0 aliphatic carbocycles. The van der Waals surface area contributed by atoms with Gasteiger partial charge in [-0.1, -0.05) is 29.3 Å². The molecule has 0 unspecified atom stereocenters. The van der Waals surface area contributed by atoms with Crippen LogP contribution in [0.4, 0.5) is 0 Å². The molecule has 0 radical (unpaired) electrons. The van der Waals surface area contributed by atoms with Crippen LogP contribution in [0.5, 0.6) is 11.5 Å². The van der Waals surface area contributed by atoms with Gasteiger partial charge in [0.25, 0.3) is 0 Å². The second-order valence-corrected chi connectivity index (χ2v) is 5.33. The molecule has 0 N–H and O–H groups in total. The monoisotopic (exact) mass is 324 g/mol. The van der Waals surface area contributed by atoms with E-state index in [1.54, 1.807) is 24.3 Å². The summed E-state index contributed by atoms with van der Waals surface area (Å²) in [6.45, 7) is 1.81. The highest BCUT2D eigenvalue weighted by Crippen LogP contribution is 2.28. The number of carbonyl (C=O) groups excluding carboxylic acids is 1. The lowest BCUT2D eigenvalue weighted by Gasteiger charge is -2.10. The summed E-state index contributed by atoms with van der Waals surface area (Å²) in [5, 5.41) is 0.880. The summed E-state index contributed by atoms with van der Waals surface area (Å²) in [4.78, 5) is 12.2. The Balaban J connectivity index is 2.11. The average Bonchev–Trinajstić information content (AvgIpc) is 2.45. The van der Waals surface area contributed by atoms with Crippen molar-refractivity contribution in [1.29, 1.82) is 0 Å². The number of Topliss-reactive ketones (excluding diaryl/α,β-unsaturated/α-hetero) is 1. The third-order valence-electron chi connectivity index (χ3n) is 2.91. The molecular formula is C16H14Cl2O3. The van der Waals surface area contributed by atoms with E-state index in [1.807, 2.05) is 19.1 Å². The smallest absolute Gasteiger partial charge is 0.203 e. The van der Waals surface area contributed by atoms with Crippen LogP contribution in [0, 0.1) is 6.92 Å². The Morgan fingerprint density at radius 3 is 2.52 bits per heavy atom. The minimum atomic E-state index is -0.183. The van der Waals surface area contributed by atoms with Crippen LogP contribution in [0.1, 0.15) is 15.9 Å². The van der Waals surface area contributed by atoms with Crippen molar-refractivity contribution >= 4 is 29.0 Å². The van der Waals surface area contributed by atoms with Crippen molar-refractivity contribution in [2.24, 2.45) is 0 Å². The summed E-state index contributed by atoms with van der Waals surface area (Å²) < 4.78 is 10.7. The fourth-order valence-corrected chi connectivity index (χ4v) is 2.31. The van der Waals surface area contributed by atoms with E-state index in [9.17, 15) is 4.79 Å². The van der Waals surface area contributed by atoms with E-state index in [-0.39, 0.29) is 12.4 Å². The van der Waals surface area contributed by atoms with Gasteiger partial charge in [-0.15, -0.1) is 0 Å². The van der Waals surface area contributed by atoms with E-state index in [1.165, 1.54) is 7.11 Å². The first-order valence-electron chi connectivity index (χ1n) is 6.27. The van der Waals surface area contributed by atoms with Crippen molar-refractivity contribution in [2.45, 2.75) is 6.92 Å². The molecule has 0 fully saturated rings. The zero-order valence-corrected chi connectivity index (χ0v) is 13.2. The predicted octanol–water partition coefficient (Wildman–Crippen LogP) is 4.57. The topological polar surface area (TPSA) is 35.5 Å². The summed E-state index contributed by atoms with van der Waals surface area (Å²) >= 11 is 11.8. The molecule has 0 amide bonds. The summed E-state index contributed by atoms with van der Waals surface area (Å²) in [6, 6.07) is 10.2. The molecule has 5 heteroatoms. The standard InChI is InChI=1S/C16H14Cl2O3/c1-10-3-5-12(16(7-10)20-2)14(19)9-21-15-6-4-11(17)8-13(15)18/h3-8H,9H2,1-2H3. The number of hydrogen-bond acceptors (Lipinski definition) is 3. The van der Waals surface area contributed by atoms with Gasteiger partial charge in [0.15, 0.2) is 6.61 Å². The molecule has 21 heavy (non-hydrogen) atoms. The largest absolute Gasteiger partial charge is 0.496 e. The summed E-state index contributed by atoms with van der Waals surface area (Å²) in [5.74, 6) is 0.768. The lowest BCUT2D eigenvalue weighted by atomic mass is 10.1. The Bertz CT molecular complexity index is 669. The van der Waals surface area contributed by atoms with Crippen LogP contribution in [0.3, 0.4) is 0 Å². The number of halogens is 2. The minimum absolute atomic E-state index is 0.124. The molecule has 0 aliphatic rings. The quantitative estimate of drug-likeness (QED) is 0.755. The second kappa shape index (κ2) is 6.83. The van der Waals surface area contributed by atoms with Crippen LogP contribution in [-0.2, 0) is 0 Å². The van der Waals surface area contributed by atoms with Crippen molar-refractivity contribution in [3.8, 4) is 11.5 Å². The van der Waals surface area contributed by atoms with Gasteiger partial charge in [0, 0.05) is 5.02 Å².